The van der Waals surface area contributed by atoms with Crippen molar-refractivity contribution in [2.24, 2.45) is 0 Å². The first-order chi connectivity index (χ1) is 5.07. The summed E-state index contributed by atoms with van der Waals surface area (Å²) in [5.74, 6) is -0.0336. The molecule has 11 heavy (non-hydrogen) atoms. The lowest BCUT2D eigenvalue weighted by molar-refractivity contribution is -0.126. The van der Waals surface area contributed by atoms with Gasteiger partial charge in [0.2, 0.25) is 0 Å². The van der Waals surface area contributed by atoms with E-state index in [1.807, 2.05) is 13.8 Å². The van der Waals surface area contributed by atoms with Crippen LogP contribution < -0.4 is 4.84 Å². The fourth-order valence-electron chi connectivity index (χ4n) is 0.435. The molecule has 0 radical (unpaired) electrons. The highest BCUT2D eigenvalue weighted by Crippen LogP contribution is 1.92. The summed E-state index contributed by atoms with van der Waals surface area (Å²) in [7, 11) is 0. The van der Waals surface area contributed by atoms with Crippen LogP contribution in [0.5, 0.6) is 0 Å². The summed E-state index contributed by atoms with van der Waals surface area (Å²) in [4.78, 5) is 13.3. The topological polar surface area (TPSA) is 38.3 Å². The summed E-state index contributed by atoms with van der Waals surface area (Å²) in [6.07, 6.45) is 0.0847. The first-order valence-electron chi connectivity index (χ1n) is 3.58. The lowest BCUT2D eigenvalue weighted by atomic mass is 10.2. The van der Waals surface area contributed by atoms with E-state index < -0.39 is 0 Å². The molecule has 0 aromatic rings. The van der Waals surface area contributed by atoms with Crippen molar-refractivity contribution in [1.82, 2.24) is 4.84 Å². The van der Waals surface area contributed by atoms with Crippen molar-refractivity contribution >= 4 is 17.6 Å². The number of rotatable bonds is 5. The van der Waals surface area contributed by atoms with Gasteiger partial charge in [-0.3, -0.25) is 4.79 Å². The fraction of sp³-hybridized carbons (Fsp3) is 0.857. The molecular weight excluding hydrogens is 166 g/mol. The molecule has 0 amide bonds. The van der Waals surface area contributed by atoms with Crippen molar-refractivity contribution < 1.29 is 9.53 Å². The standard InChI is InChI=1S/C7H14ClNO2/c1-5(2)11-4-7(10)6(3)9-8/h5-6,9H,4H2,1-3H3/t6-/m0/s1. The molecule has 0 saturated heterocycles. The van der Waals surface area contributed by atoms with Crippen LogP contribution in [-0.4, -0.2) is 24.5 Å². The monoisotopic (exact) mass is 179 g/mol. The average Bonchev–Trinajstić information content (AvgIpc) is 1.98. The fourth-order valence-corrected chi connectivity index (χ4v) is 0.556. The molecule has 0 aromatic heterocycles. The van der Waals surface area contributed by atoms with Crippen LogP contribution in [0.3, 0.4) is 0 Å². The number of halogens is 1. The predicted octanol–water partition coefficient (Wildman–Crippen LogP) is 1.11. The number of ketones is 1. The van der Waals surface area contributed by atoms with Crippen LogP contribution in [0.15, 0.2) is 0 Å². The maximum Gasteiger partial charge on any atom is 0.176 e. The first kappa shape index (κ1) is 10.9. The van der Waals surface area contributed by atoms with Gasteiger partial charge in [-0.1, -0.05) is 0 Å². The molecule has 0 spiro atoms. The van der Waals surface area contributed by atoms with Crippen LogP contribution in [0.1, 0.15) is 20.8 Å². The Morgan fingerprint density at radius 3 is 2.45 bits per heavy atom. The Bertz CT molecular complexity index is 128. The van der Waals surface area contributed by atoms with Gasteiger partial charge in [0.25, 0.3) is 0 Å². The quantitative estimate of drug-likeness (QED) is 0.643. The van der Waals surface area contributed by atoms with E-state index in [0.717, 1.165) is 0 Å². The summed E-state index contributed by atoms with van der Waals surface area (Å²) in [5.41, 5.74) is 0. The van der Waals surface area contributed by atoms with E-state index in [9.17, 15) is 4.79 Å². The Balaban J connectivity index is 3.52. The molecule has 3 nitrogen and oxygen atoms in total. The van der Waals surface area contributed by atoms with Crippen LogP contribution >= 0.6 is 11.8 Å². The molecular formula is C7H14ClNO2. The molecule has 0 unspecified atom stereocenters. The van der Waals surface area contributed by atoms with Crippen molar-refractivity contribution in [3.8, 4) is 0 Å². The largest absolute Gasteiger partial charge is 0.371 e. The predicted molar refractivity (Wildman–Crippen MR) is 44.5 cm³/mol. The van der Waals surface area contributed by atoms with Crippen molar-refractivity contribution in [2.75, 3.05) is 6.61 Å². The smallest absolute Gasteiger partial charge is 0.176 e. The molecule has 0 bridgehead atoms. The zero-order valence-electron chi connectivity index (χ0n) is 7.06. The number of carbonyl (C=O) groups is 1. The molecule has 0 saturated carbocycles. The molecule has 0 rings (SSSR count). The molecule has 0 aliphatic rings. The van der Waals surface area contributed by atoms with Crippen LogP contribution in [0.2, 0.25) is 0 Å². The molecule has 0 aliphatic carbocycles. The van der Waals surface area contributed by atoms with Crippen molar-refractivity contribution in [3.05, 3.63) is 0 Å². The third-order valence-electron chi connectivity index (χ3n) is 1.21. The van der Waals surface area contributed by atoms with Gasteiger partial charge < -0.3 is 4.74 Å². The highest BCUT2D eigenvalue weighted by molar-refractivity contribution is 6.15. The van der Waals surface area contributed by atoms with Gasteiger partial charge in [0, 0.05) is 0 Å². The molecule has 4 heteroatoms. The van der Waals surface area contributed by atoms with Gasteiger partial charge in [-0.05, 0) is 32.5 Å². The van der Waals surface area contributed by atoms with Gasteiger partial charge in [-0.15, -0.1) is 0 Å². The highest BCUT2D eigenvalue weighted by Gasteiger charge is 2.11. The lowest BCUT2D eigenvalue weighted by Crippen LogP contribution is -2.31. The summed E-state index contributed by atoms with van der Waals surface area (Å²) in [6, 6.07) is -0.338. The Hall–Kier alpha value is -0.120. The Kier molecular flexibility index (Phi) is 5.46. The van der Waals surface area contributed by atoms with Crippen LogP contribution in [0, 0.1) is 0 Å². The molecule has 0 heterocycles. The second-order valence-electron chi connectivity index (χ2n) is 2.66. The molecule has 0 aliphatic heterocycles. The highest BCUT2D eigenvalue weighted by atomic mass is 35.5. The van der Waals surface area contributed by atoms with Crippen LogP contribution in [-0.2, 0) is 9.53 Å². The van der Waals surface area contributed by atoms with Gasteiger partial charge >= 0.3 is 0 Å². The zero-order chi connectivity index (χ0) is 8.85. The van der Waals surface area contributed by atoms with Gasteiger partial charge in [0.05, 0.1) is 12.1 Å². The van der Waals surface area contributed by atoms with Crippen LogP contribution in [0.4, 0.5) is 0 Å². The molecule has 1 atom stereocenters. The second-order valence-corrected chi connectivity index (χ2v) is 2.88. The van der Waals surface area contributed by atoms with E-state index in [-0.39, 0.29) is 24.5 Å². The minimum Gasteiger partial charge on any atom is -0.371 e. The zero-order valence-corrected chi connectivity index (χ0v) is 7.81. The third kappa shape index (κ3) is 5.18. The van der Waals surface area contributed by atoms with Gasteiger partial charge in [0.15, 0.2) is 5.78 Å². The SMILES string of the molecule is CC(C)OCC(=O)[C@H](C)NCl. The normalized spacial score (nSPS) is 13.5. The van der Waals surface area contributed by atoms with Crippen molar-refractivity contribution in [3.63, 3.8) is 0 Å². The second kappa shape index (κ2) is 5.52. The van der Waals surface area contributed by atoms with Gasteiger partial charge in [0.1, 0.15) is 6.61 Å². The van der Waals surface area contributed by atoms with E-state index >= 15 is 0 Å². The van der Waals surface area contributed by atoms with E-state index in [2.05, 4.69) is 4.84 Å². The number of nitrogens with one attached hydrogen (secondary N) is 1. The summed E-state index contributed by atoms with van der Waals surface area (Å²) >= 11 is 5.24. The molecule has 1 N–H and O–H groups in total. The lowest BCUT2D eigenvalue weighted by Gasteiger charge is -2.09. The Morgan fingerprint density at radius 2 is 2.09 bits per heavy atom. The minimum atomic E-state index is -0.338. The maximum atomic E-state index is 11.0. The Labute approximate surface area is 72.2 Å². The molecule has 66 valence electrons. The Morgan fingerprint density at radius 1 is 1.55 bits per heavy atom. The van der Waals surface area contributed by atoms with E-state index in [0.29, 0.717) is 0 Å². The third-order valence-corrected chi connectivity index (χ3v) is 1.53. The van der Waals surface area contributed by atoms with Gasteiger partial charge in [-0.25, -0.2) is 4.84 Å². The summed E-state index contributed by atoms with van der Waals surface area (Å²) in [5, 5.41) is 0. The average molecular weight is 180 g/mol. The number of hydrogen-bond donors (Lipinski definition) is 1. The number of ether oxygens (including phenoxy) is 1. The number of hydrogen-bond acceptors (Lipinski definition) is 3. The minimum absolute atomic E-state index is 0.0336. The molecule has 0 fully saturated rings. The summed E-state index contributed by atoms with van der Waals surface area (Å²) < 4.78 is 5.08. The van der Waals surface area contributed by atoms with E-state index in [4.69, 9.17) is 16.5 Å². The number of carbonyl (C=O) groups excluding carboxylic acids is 1. The van der Waals surface area contributed by atoms with Crippen molar-refractivity contribution in [2.45, 2.75) is 32.9 Å². The van der Waals surface area contributed by atoms with Gasteiger partial charge in [-0.2, -0.15) is 0 Å². The van der Waals surface area contributed by atoms with E-state index in [1.165, 1.54) is 0 Å². The summed E-state index contributed by atoms with van der Waals surface area (Å²) in [6.45, 7) is 5.58. The molecule has 0 aromatic carbocycles. The van der Waals surface area contributed by atoms with E-state index in [1.54, 1.807) is 6.92 Å². The van der Waals surface area contributed by atoms with Crippen LogP contribution in [0.25, 0.3) is 0 Å². The number of Topliss-reactive ketones (excluding diaryl/α,β-unsaturated/α-hetero) is 1. The first-order valence-corrected chi connectivity index (χ1v) is 3.96. The maximum absolute atomic E-state index is 11.0. The van der Waals surface area contributed by atoms with Crippen molar-refractivity contribution in [1.29, 1.82) is 0 Å².